The maximum Gasteiger partial charge on any atom is 0.237 e. The van der Waals surface area contributed by atoms with Crippen molar-refractivity contribution in [2.24, 2.45) is 5.73 Å². The summed E-state index contributed by atoms with van der Waals surface area (Å²) in [5.74, 6) is 0.622. The fraction of sp³-hybridized carbons (Fsp3) is 0.727. The first kappa shape index (κ1) is 16.7. The molecule has 108 valence electrons. The van der Waals surface area contributed by atoms with Crippen LogP contribution >= 0.6 is 34.9 Å². The third kappa shape index (κ3) is 5.29. The Labute approximate surface area is 126 Å². The van der Waals surface area contributed by atoms with Crippen molar-refractivity contribution in [3.8, 4) is 0 Å². The maximum atomic E-state index is 11.4. The van der Waals surface area contributed by atoms with Crippen molar-refractivity contribution in [2.75, 3.05) is 18.6 Å². The summed E-state index contributed by atoms with van der Waals surface area (Å²) in [4.78, 5) is 11.4. The van der Waals surface area contributed by atoms with Gasteiger partial charge in [-0.2, -0.15) is 0 Å². The normalized spacial score (nSPS) is 14.3. The van der Waals surface area contributed by atoms with E-state index in [1.54, 1.807) is 34.9 Å². The van der Waals surface area contributed by atoms with Gasteiger partial charge >= 0.3 is 0 Å². The predicted molar refractivity (Wildman–Crippen MR) is 82.9 cm³/mol. The molecule has 19 heavy (non-hydrogen) atoms. The molecule has 1 atom stereocenters. The molecule has 0 saturated heterocycles. The van der Waals surface area contributed by atoms with Gasteiger partial charge in [0.05, 0.1) is 5.54 Å². The van der Waals surface area contributed by atoms with Crippen LogP contribution in [-0.4, -0.2) is 40.2 Å². The second-order valence-electron chi connectivity index (χ2n) is 4.22. The Morgan fingerprint density at radius 1 is 1.47 bits per heavy atom. The van der Waals surface area contributed by atoms with Gasteiger partial charge in [0.25, 0.3) is 0 Å². The molecule has 1 unspecified atom stereocenters. The number of carbonyl (C=O) groups excluding carboxylic acids is 1. The Morgan fingerprint density at radius 2 is 2.16 bits per heavy atom. The number of amides is 1. The summed E-state index contributed by atoms with van der Waals surface area (Å²) < 4.78 is 1.96. The smallest absolute Gasteiger partial charge is 0.237 e. The van der Waals surface area contributed by atoms with Crippen LogP contribution in [0, 0.1) is 0 Å². The molecule has 0 aliphatic carbocycles. The lowest BCUT2D eigenvalue weighted by molar-refractivity contribution is -0.124. The van der Waals surface area contributed by atoms with E-state index in [4.69, 9.17) is 5.73 Å². The first-order chi connectivity index (χ1) is 9.01. The molecule has 1 heterocycles. The fourth-order valence-electron chi connectivity index (χ4n) is 1.61. The van der Waals surface area contributed by atoms with Crippen LogP contribution in [0.3, 0.4) is 0 Å². The summed E-state index contributed by atoms with van der Waals surface area (Å²) in [6.45, 7) is 4.57. The van der Waals surface area contributed by atoms with E-state index in [0.29, 0.717) is 0 Å². The third-order valence-corrected chi connectivity index (χ3v) is 5.84. The number of nitrogens with one attached hydrogen (secondary N) is 1. The van der Waals surface area contributed by atoms with Crippen LogP contribution in [0.15, 0.2) is 8.68 Å². The van der Waals surface area contributed by atoms with Gasteiger partial charge in [-0.3, -0.25) is 4.79 Å². The summed E-state index contributed by atoms with van der Waals surface area (Å²) in [5.41, 5.74) is 4.83. The summed E-state index contributed by atoms with van der Waals surface area (Å²) >= 11 is 4.89. The van der Waals surface area contributed by atoms with Gasteiger partial charge in [-0.15, -0.1) is 10.2 Å². The molecular weight excluding hydrogens is 300 g/mol. The van der Waals surface area contributed by atoms with Crippen molar-refractivity contribution in [3.05, 3.63) is 0 Å². The minimum absolute atomic E-state index is 0.292. The van der Waals surface area contributed by atoms with Crippen LogP contribution in [0.25, 0.3) is 0 Å². The second-order valence-corrected chi connectivity index (χ2v) is 7.59. The van der Waals surface area contributed by atoms with Crippen LogP contribution in [0.5, 0.6) is 0 Å². The lowest BCUT2D eigenvalue weighted by atomic mass is 9.95. The largest absolute Gasteiger partial charge is 0.368 e. The van der Waals surface area contributed by atoms with Gasteiger partial charge in [-0.1, -0.05) is 41.8 Å². The van der Waals surface area contributed by atoms with Gasteiger partial charge in [0.2, 0.25) is 5.91 Å². The number of primary amides is 1. The van der Waals surface area contributed by atoms with E-state index in [0.717, 1.165) is 33.8 Å². The SMILES string of the molecule is CCNC(C)(CCCSc1nnc(SC)s1)C(N)=O. The number of nitrogens with zero attached hydrogens (tertiary/aromatic N) is 2. The van der Waals surface area contributed by atoms with Crippen molar-refractivity contribution in [2.45, 2.75) is 40.9 Å². The topological polar surface area (TPSA) is 80.9 Å². The molecule has 0 saturated carbocycles. The Morgan fingerprint density at radius 3 is 2.68 bits per heavy atom. The summed E-state index contributed by atoms with van der Waals surface area (Å²) in [6.07, 6.45) is 3.63. The van der Waals surface area contributed by atoms with Crippen LogP contribution in [-0.2, 0) is 4.79 Å². The number of nitrogens with two attached hydrogens (primary N) is 1. The quantitative estimate of drug-likeness (QED) is 0.535. The van der Waals surface area contributed by atoms with Gasteiger partial charge < -0.3 is 11.1 Å². The predicted octanol–water partition coefficient (Wildman–Crippen LogP) is 1.99. The van der Waals surface area contributed by atoms with E-state index in [1.165, 1.54) is 0 Å². The minimum atomic E-state index is -0.610. The zero-order valence-electron chi connectivity index (χ0n) is 11.4. The summed E-state index contributed by atoms with van der Waals surface area (Å²) in [7, 11) is 0. The van der Waals surface area contributed by atoms with E-state index in [9.17, 15) is 4.79 Å². The molecule has 0 aromatic carbocycles. The number of hydrogen-bond acceptors (Lipinski definition) is 7. The highest BCUT2D eigenvalue weighted by molar-refractivity contribution is 8.02. The van der Waals surface area contributed by atoms with Gasteiger partial charge in [0.1, 0.15) is 0 Å². The van der Waals surface area contributed by atoms with Gasteiger partial charge in [-0.05, 0) is 32.6 Å². The molecule has 8 heteroatoms. The Balaban J connectivity index is 2.34. The lowest BCUT2D eigenvalue weighted by Gasteiger charge is -2.26. The Bertz CT molecular complexity index is 412. The maximum absolute atomic E-state index is 11.4. The van der Waals surface area contributed by atoms with Gasteiger partial charge in [0.15, 0.2) is 8.68 Å². The number of carbonyl (C=O) groups is 1. The molecule has 1 aromatic rings. The molecule has 0 aliphatic heterocycles. The van der Waals surface area contributed by atoms with Crippen LogP contribution in [0.4, 0.5) is 0 Å². The molecule has 0 fully saturated rings. The summed E-state index contributed by atoms with van der Waals surface area (Å²) in [6, 6.07) is 0. The standard InChI is InChI=1S/C11H20N4OS3/c1-4-13-11(2,8(12)16)6-5-7-18-10-15-14-9(17-3)19-10/h13H,4-7H2,1-3H3,(H2,12,16). The Hall–Kier alpha value is -0.310. The molecule has 3 N–H and O–H groups in total. The van der Waals surface area contributed by atoms with Crippen LogP contribution in [0.2, 0.25) is 0 Å². The monoisotopic (exact) mass is 320 g/mol. The van der Waals surface area contributed by atoms with Crippen LogP contribution in [0.1, 0.15) is 26.7 Å². The van der Waals surface area contributed by atoms with Crippen molar-refractivity contribution >= 4 is 40.8 Å². The highest BCUT2D eigenvalue weighted by atomic mass is 32.2. The molecule has 0 bridgehead atoms. The molecule has 0 spiro atoms. The highest BCUT2D eigenvalue weighted by Crippen LogP contribution is 2.28. The van der Waals surface area contributed by atoms with Crippen molar-refractivity contribution in [1.82, 2.24) is 15.5 Å². The van der Waals surface area contributed by atoms with Crippen molar-refractivity contribution in [1.29, 1.82) is 0 Å². The first-order valence-corrected chi connectivity index (χ1v) is 9.09. The fourth-order valence-corrected chi connectivity index (χ4v) is 4.06. The number of rotatable bonds is 9. The lowest BCUT2D eigenvalue weighted by Crippen LogP contribution is -2.53. The van der Waals surface area contributed by atoms with Crippen molar-refractivity contribution in [3.63, 3.8) is 0 Å². The Kier molecular flexibility index (Phi) is 7.12. The molecule has 0 radical (unpaired) electrons. The summed E-state index contributed by atoms with van der Waals surface area (Å²) in [5, 5.41) is 11.3. The molecule has 0 aliphatic rings. The number of likely N-dealkylation sites (N-methyl/N-ethyl adjacent to an activating group) is 1. The molecule has 5 nitrogen and oxygen atoms in total. The molecule has 1 amide bonds. The van der Waals surface area contributed by atoms with Crippen molar-refractivity contribution < 1.29 is 4.79 Å². The van der Waals surface area contributed by atoms with Crippen LogP contribution < -0.4 is 11.1 Å². The second kappa shape index (κ2) is 8.08. The van der Waals surface area contributed by atoms with E-state index >= 15 is 0 Å². The third-order valence-electron chi connectivity index (χ3n) is 2.72. The van der Waals surface area contributed by atoms with Gasteiger partial charge in [-0.25, -0.2) is 0 Å². The number of aromatic nitrogens is 2. The molecule has 1 rings (SSSR count). The highest BCUT2D eigenvalue weighted by Gasteiger charge is 2.28. The number of thioether (sulfide) groups is 2. The zero-order chi connectivity index (χ0) is 14.3. The minimum Gasteiger partial charge on any atom is -0.368 e. The van der Waals surface area contributed by atoms with E-state index in [1.807, 2.05) is 20.1 Å². The van der Waals surface area contributed by atoms with E-state index < -0.39 is 5.54 Å². The van der Waals surface area contributed by atoms with E-state index in [-0.39, 0.29) is 5.91 Å². The number of hydrogen-bond donors (Lipinski definition) is 2. The van der Waals surface area contributed by atoms with E-state index in [2.05, 4.69) is 15.5 Å². The molecular formula is C11H20N4OS3. The first-order valence-electron chi connectivity index (χ1n) is 6.07. The zero-order valence-corrected chi connectivity index (χ0v) is 13.9. The molecule has 1 aromatic heterocycles. The average Bonchev–Trinajstić information content (AvgIpc) is 2.83. The average molecular weight is 321 g/mol. The van der Waals surface area contributed by atoms with Gasteiger partial charge in [0, 0.05) is 5.75 Å².